The average molecular weight is 503 g/mol. The maximum atomic E-state index is 14.1. The van der Waals surface area contributed by atoms with Crippen LogP contribution in [0.2, 0.25) is 0 Å². The topological polar surface area (TPSA) is 17.1 Å². The van der Waals surface area contributed by atoms with Crippen LogP contribution in [0.5, 0.6) is 0 Å². The third-order valence-corrected chi connectivity index (χ3v) is 8.51. The van der Waals surface area contributed by atoms with Gasteiger partial charge < -0.3 is 0 Å². The molecule has 0 spiro atoms. The molecule has 0 unspecified atom stereocenters. The van der Waals surface area contributed by atoms with Gasteiger partial charge in [0.2, 0.25) is 0 Å². The van der Waals surface area contributed by atoms with E-state index < -0.39 is 34.6 Å². The van der Waals surface area contributed by atoms with E-state index in [1.54, 1.807) is 0 Å². The largest absolute Gasteiger partial charge is 0.417 e. The Kier molecular flexibility index (Phi) is 9.27. The molecule has 0 radical (unpaired) electrons. The molecule has 2 aliphatic carbocycles. The lowest BCUT2D eigenvalue weighted by atomic mass is 9.67. The van der Waals surface area contributed by atoms with Gasteiger partial charge in [-0.25, -0.2) is 0 Å². The normalized spacial score (nSPS) is 22.5. The first kappa shape index (κ1) is 27.2. The Hall–Kier alpha value is -1.37. The molecule has 1 aromatic carbocycles. The van der Waals surface area contributed by atoms with Gasteiger partial charge in [-0.2, -0.15) is 22.0 Å². The van der Waals surface area contributed by atoms with Gasteiger partial charge in [-0.3, -0.25) is 4.79 Å². The van der Waals surface area contributed by atoms with Crippen LogP contribution in [-0.2, 0) is 12.1 Å². The second-order valence-electron chi connectivity index (χ2n) is 9.85. The Morgan fingerprint density at radius 1 is 1.03 bits per heavy atom. The molecule has 0 saturated heterocycles. The van der Waals surface area contributed by atoms with Crippen molar-refractivity contribution in [1.29, 1.82) is 0 Å². The van der Waals surface area contributed by atoms with Crippen LogP contribution in [0.3, 0.4) is 0 Å². The smallest absolute Gasteiger partial charge is 0.294 e. The summed E-state index contributed by atoms with van der Waals surface area (Å²) in [7, 11) is 0. The first-order valence-corrected chi connectivity index (χ1v) is 13.6. The summed E-state index contributed by atoms with van der Waals surface area (Å²) in [5.74, 6) is -2.29. The first-order valence-electron chi connectivity index (χ1n) is 12.4. The molecule has 0 aliphatic heterocycles. The molecule has 7 heteroatoms. The predicted molar refractivity (Wildman–Crippen MR) is 128 cm³/mol. The van der Waals surface area contributed by atoms with Gasteiger partial charge in [0.1, 0.15) is 0 Å². The summed E-state index contributed by atoms with van der Waals surface area (Å²) in [6.45, 7) is 3.03. The van der Waals surface area contributed by atoms with Crippen LogP contribution in [0.1, 0.15) is 98.5 Å². The van der Waals surface area contributed by atoms with Crippen LogP contribution in [-0.4, -0.2) is 12.0 Å². The summed E-state index contributed by atoms with van der Waals surface area (Å²) >= 11 is 0.887. The molecule has 0 amide bonds. The molecule has 3 rings (SSSR count). The van der Waals surface area contributed by atoms with E-state index in [9.17, 15) is 26.7 Å². The Morgan fingerprint density at radius 2 is 1.68 bits per heavy atom. The van der Waals surface area contributed by atoms with Crippen LogP contribution in [0.15, 0.2) is 29.7 Å². The molecule has 1 nitrogen and oxygen atoms in total. The lowest BCUT2D eigenvalue weighted by Crippen LogP contribution is -2.28. The predicted octanol–water partition coefficient (Wildman–Crippen LogP) is 9.44. The van der Waals surface area contributed by atoms with E-state index in [1.165, 1.54) is 57.6 Å². The maximum Gasteiger partial charge on any atom is 0.417 e. The number of thioether (sulfide) groups is 1. The molecule has 34 heavy (non-hydrogen) atoms. The van der Waals surface area contributed by atoms with Crippen LogP contribution >= 0.6 is 11.8 Å². The van der Waals surface area contributed by atoms with Gasteiger partial charge in [0, 0.05) is 22.4 Å². The van der Waals surface area contributed by atoms with Crippen molar-refractivity contribution in [3.8, 4) is 0 Å². The Labute approximate surface area is 204 Å². The van der Waals surface area contributed by atoms with Gasteiger partial charge >= 0.3 is 6.18 Å². The fourth-order valence-corrected chi connectivity index (χ4v) is 6.70. The minimum absolute atomic E-state index is 0.00171. The van der Waals surface area contributed by atoms with E-state index in [0.717, 1.165) is 36.6 Å². The van der Waals surface area contributed by atoms with E-state index in [2.05, 4.69) is 6.58 Å². The fraction of sp³-hybridized carbons (Fsp3) is 0.667. The van der Waals surface area contributed by atoms with Crippen molar-refractivity contribution in [1.82, 2.24) is 0 Å². The number of carbonyl (C=O) groups excluding carboxylic acids is 1. The molecule has 2 saturated carbocycles. The molecule has 0 bridgehead atoms. The van der Waals surface area contributed by atoms with Crippen LogP contribution < -0.4 is 0 Å². The second kappa shape index (κ2) is 11.6. The lowest BCUT2D eigenvalue weighted by Gasteiger charge is -2.39. The zero-order chi connectivity index (χ0) is 24.9. The van der Waals surface area contributed by atoms with Gasteiger partial charge in [0.05, 0.1) is 5.56 Å². The van der Waals surface area contributed by atoms with Crippen molar-refractivity contribution in [2.45, 2.75) is 94.0 Å². The standard InChI is InChI=1S/C27H35F5OS/c1-3-26(28,29)20-16-22(27(30,31)32)25(24(17-20)34-2)23(33)15-9-13-19-12-7-8-14-21(19)18-10-5-4-6-11-18/h3,16-19,21H,1,4-15H2,2H3/t19-,21+/m1/s1. The highest BCUT2D eigenvalue weighted by Gasteiger charge is 2.40. The molecule has 0 aromatic heterocycles. The molecule has 2 aliphatic rings. The number of rotatable bonds is 9. The number of ketones is 1. The molecular formula is C27H35F5OS. The number of halogens is 5. The van der Waals surface area contributed by atoms with Crippen LogP contribution in [0, 0.1) is 17.8 Å². The van der Waals surface area contributed by atoms with Crippen molar-refractivity contribution in [2.75, 3.05) is 6.26 Å². The molecule has 1 aromatic rings. The fourth-order valence-electron chi connectivity index (χ4n) is 6.03. The highest BCUT2D eigenvalue weighted by Crippen LogP contribution is 2.44. The molecule has 2 atom stereocenters. The zero-order valence-corrected chi connectivity index (χ0v) is 20.7. The van der Waals surface area contributed by atoms with Crippen molar-refractivity contribution in [3.63, 3.8) is 0 Å². The summed E-state index contributed by atoms with van der Waals surface area (Å²) in [5.41, 5.74) is -2.55. The number of benzene rings is 1. The highest BCUT2D eigenvalue weighted by molar-refractivity contribution is 7.98. The van der Waals surface area contributed by atoms with Gasteiger partial charge in [0.15, 0.2) is 5.78 Å². The van der Waals surface area contributed by atoms with E-state index in [4.69, 9.17) is 0 Å². The second-order valence-corrected chi connectivity index (χ2v) is 10.7. The van der Waals surface area contributed by atoms with E-state index in [1.807, 2.05) is 0 Å². The third-order valence-electron chi connectivity index (χ3n) is 7.75. The minimum atomic E-state index is -4.90. The number of Topliss-reactive ketones (excluding diaryl/α,β-unsaturated/α-hetero) is 1. The molecule has 2 fully saturated rings. The summed E-state index contributed by atoms with van der Waals surface area (Å²) in [4.78, 5) is 13.0. The number of alkyl halides is 5. The number of hydrogen-bond acceptors (Lipinski definition) is 2. The lowest BCUT2D eigenvalue weighted by molar-refractivity contribution is -0.138. The SMILES string of the molecule is C=CC(F)(F)c1cc(SC)c(C(=O)CCC[C@H]2CCCC[C@H]2C2CCCCC2)c(C(F)(F)F)c1. The van der Waals surface area contributed by atoms with Crippen LogP contribution in [0.4, 0.5) is 22.0 Å². The Balaban J connectivity index is 1.76. The number of hydrogen-bond donors (Lipinski definition) is 0. The summed E-state index contributed by atoms with van der Waals surface area (Å²) in [6.07, 6.45) is 9.47. The first-order chi connectivity index (χ1) is 16.1. The zero-order valence-electron chi connectivity index (χ0n) is 19.9. The molecule has 0 N–H and O–H groups in total. The highest BCUT2D eigenvalue weighted by atomic mass is 32.2. The van der Waals surface area contributed by atoms with E-state index in [0.29, 0.717) is 30.4 Å². The number of carbonyl (C=O) groups is 1. The summed E-state index contributed by atoms with van der Waals surface area (Å²) in [5, 5.41) is 0. The summed E-state index contributed by atoms with van der Waals surface area (Å²) in [6, 6.07) is 1.41. The number of allylic oxidation sites excluding steroid dienone is 1. The molecule has 0 heterocycles. The average Bonchev–Trinajstić information content (AvgIpc) is 2.83. The maximum absolute atomic E-state index is 14.1. The monoisotopic (exact) mass is 502 g/mol. The van der Waals surface area contributed by atoms with E-state index in [-0.39, 0.29) is 11.3 Å². The Bertz CT molecular complexity index is 857. The molecule has 190 valence electrons. The quantitative estimate of drug-likeness (QED) is 0.145. The van der Waals surface area contributed by atoms with Gasteiger partial charge in [-0.05, 0) is 61.5 Å². The van der Waals surface area contributed by atoms with E-state index >= 15 is 0 Å². The van der Waals surface area contributed by atoms with Gasteiger partial charge in [-0.15, -0.1) is 11.8 Å². The Morgan fingerprint density at radius 3 is 2.29 bits per heavy atom. The minimum Gasteiger partial charge on any atom is -0.294 e. The molecular weight excluding hydrogens is 467 g/mol. The third kappa shape index (κ3) is 6.44. The summed E-state index contributed by atoms with van der Waals surface area (Å²) < 4.78 is 69.7. The van der Waals surface area contributed by atoms with Crippen LogP contribution in [0.25, 0.3) is 0 Å². The van der Waals surface area contributed by atoms with Gasteiger partial charge in [0.25, 0.3) is 5.92 Å². The van der Waals surface area contributed by atoms with Crippen molar-refractivity contribution >= 4 is 17.5 Å². The van der Waals surface area contributed by atoms with Crippen molar-refractivity contribution in [2.24, 2.45) is 17.8 Å². The van der Waals surface area contributed by atoms with Gasteiger partial charge in [-0.1, -0.05) is 57.9 Å². The van der Waals surface area contributed by atoms with Crippen molar-refractivity contribution in [3.05, 3.63) is 41.5 Å². The van der Waals surface area contributed by atoms with Crippen molar-refractivity contribution < 1.29 is 26.7 Å².